The van der Waals surface area contributed by atoms with E-state index < -0.39 is 0 Å². The van der Waals surface area contributed by atoms with Crippen LogP contribution in [0, 0.1) is 0 Å². The van der Waals surface area contributed by atoms with Crippen LogP contribution in [0.5, 0.6) is 11.5 Å². The van der Waals surface area contributed by atoms with Crippen LogP contribution in [0.1, 0.15) is 0 Å². The van der Waals surface area contributed by atoms with Crippen molar-refractivity contribution in [2.45, 2.75) is 0 Å². The third kappa shape index (κ3) is 2.05. The van der Waals surface area contributed by atoms with Gasteiger partial charge in [-0.15, -0.1) is 0 Å². The van der Waals surface area contributed by atoms with Gasteiger partial charge < -0.3 is 0 Å². The summed E-state index contributed by atoms with van der Waals surface area (Å²) < 4.78 is 13.5. The summed E-state index contributed by atoms with van der Waals surface area (Å²) in [6.45, 7) is 0. The molecule has 3 rings (SSSR count). The van der Waals surface area contributed by atoms with E-state index in [1.54, 1.807) is 17.8 Å². The normalized spacial score (nSPS) is 10.7. The Morgan fingerprint density at radius 1 is 1.05 bits per heavy atom. The van der Waals surface area contributed by atoms with Crippen molar-refractivity contribution < 1.29 is 9.47 Å². The van der Waals surface area contributed by atoms with Gasteiger partial charge >= 0.3 is 122 Å². The number of ether oxygens (including phenoxy) is 2. The van der Waals surface area contributed by atoms with E-state index in [1.807, 2.05) is 42.5 Å². The van der Waals surface area contributed by atoms with E-state index in [1.165, 1.54) is 0 Å². The molecule has 0 unspecified atom stereocenters. The number of aromatic nitrogens is 1. The molecule has 0 N–H and O–H groups in total. The summed E-state index contributed by atoms with van der Waals surface area (Å²) in [4.78, 5) is 12.5. The zero-order chi connectivity index (χ0) is 14.1. The molecule has 2 aromatic carbocycles. The predicted molar refractivity (Wildman–Crippen MR) is 79.6 cm³/mol. The fourth-order valence-corrected chi connectivity index (χ4v) is 4.21. The Bertz CT molecular complexity index is 819. The van der Waals surface area contributed by atoms with Crippen LogP contribution in [0.4, 0.5) is 0 Å². The molecule has 4 nitrogen and oxygen atoms in total. The first-order valence-electron chi connectivity index (χ1n) is 6.08. The van der Waals surface area contributed by atoms with E-state index >= 15 is 0 Å². The molecule has 1 heterocycles. The molecule has 0 aliphatic carbocycles. The summed E-state index contributed by atoms with van der Waals surface area (Å²) in [5.74, 6) is 1.38. The first-order chi connectivity index (χ1) is 9.74. The second kappa shape index (κ2) is 5.19. The van der Waals surface area contributed by atoms with Crippen LogP contribution in [0.25, 0.3) is 15.3 Å². The molecular formula is C15H13NO3Se. The van der Waals surface area contributed by atoms with Crippen molar-refractivity contribution in [1.82, 2.24) is 3.56 Å². The molecule has 1 aromatic heterocycles. The number of benzene rings is 2. The van der Waals surface area contributed by atoms with Gasteiger partial charge in [0, 0.05) is 0 Å². The quantitative estimate of drug-likeness (QED) is 0.689. The van der Waals surface area contributed by atoms with Crippen LogP contribution >= 0.6 is 0 Å². The fraction of sp³-hybridized carbons (Fsp3) is 0.133. The summed E-state index contributed by atoms with van der Waals surface area (Å²) >= 11 is -0.0761. The molecule has 0 saturated heterocycles. The summed E-state index contributed by atoms with van der Waals surface area (Å²) in [5, 5.41) is 0.775. The van der Waals surface area contributed by atoms with E-state index in [0.29, 0.717) is 11.5 Å². The molecule has 0 fully saturated rings. The van der Waals surface area contributed by atoms with E-state index in [2.05, 4.69) is 0 Å². The average Bonchev–Trinajstić information content (AvgIpc) is 2.84. The average molecular weight is 334 g/mol. The van der Waals surface area contributed by atoms with Gasteiger partial charge in [-0.3, -0.25) is 0 Å². The molecule has 0 radical (unpaired) electrons. The molecule has 0 atom stereocenters. The van der Waals surface area contributed by atoms with Crippen molar-refractivity contribution in [2.24, 2.45) is 0 Å². The molecule has 102 valence electrons. The molecule has 0 aliphatic heterocycles. The standard InChI is InChI=1S/C15H13NO3Se/c1-18-10-7-8-13(19-2)12(9-10)16-15(17)11-5-3-4-6-14(11)20-16/h3-9H,1-2H3. The number of nitrogens with zero attached hydrogens (tertiary/aromatic N) is 1. The molecule has 0 saturated carbocycles. The number of rotatable bonds is 3. The maximum absolute atomic E-state index is 12.5. The minimum absolute atomic E-state index is 0.0205. The Labute approximate surface area is 122 Å². The number of hydrogen-bond acceptors (Lipinski definition) is 3. The third-order valence-corrected chi connectivity index (χ3v) is 5.40. The Morgan fingerprint density at radius 3 is 2.55 bits per heavy atom. The van der Waals surface area contributed by atoms with Gasteiger partial charge in [0.25, 0.3) is 0 Å². The summed E-state index contributed by atoms with van der Waals surface area (Å²) in [6.07, 6.45) is 0. The van der Waals surface area contributed by atoms with E-state index in [4.69, 9.17) is 9.47 Å². The Morgan fingerprint density at radius 2 is 1.85 bits per heavy atom. The van der Waals surface area contributed by atoms with Crippen molar-refractivity contribution in [1.29, 1.82) is 0 Å². The number of methoxy groups -OCH3 is 2. The van der Waals surface area contributed by atoms with Gasteiger partial charge in [0.05, 0.1) is 0 Å². The third-order valence-electron chi connectivity index (χ3n) is 3.10. The van der Waals surface area contributed by atoms with E-state index in [0.717, 1.165) is 15.3 Å². The molecular weight excluding hydrogens is 321 g/mol. The number of hydrogen-bond donors (Lipinski definition) is 0. The second-order valence-electron chi connectivity index (χ2n) is 4.22. The van der Waals surface area contributed by atoms with Gasteiger partial charge in [0.2, 0.25) is 0 Å². The van der Waals surface area contributed by atoms with Crippen molar-refractivity contribution in [3.63, 3.8) is 0 Å². The fourth-order valence-electron chi connectivity index (χ4n) is 2.09. The molecule has 0 bridgehead atoms. The van der Waals surface area contributed by atoms with E-state index in [-0.39, 0.29) is 20.3 Å². The van der Waals surface area contributed by atoms with Crippen LogP contribution in [0.2, 0.25) is 0 Å². The van der Waals surface area contributed by atoms with Gasteiger partial charge in [0.15, 0.2) is 0 Å². The zero-order valence-corrected chi connectivity index (χ0v) is 12.8. The van der Waals surface area contributed by atoms with Gasteiger partial charge in [-0.1, -0.05) is 0 Å². The van der Waals surface area contributed by atoms with Crippen molar-refractivity contribution >= 4 is 24.4 Å². The molecule has 20 heavy (non-hydrogen) atoms. The van der Waals surface area contributed by atoms with Gasteiger partial charge in [0.1, 0.15) is 0 Å². The van der Waals surface area contributed by atoms with Crippen LogP contribution in [-0.4, -0.2) is 32.5 Å². The topological polar surface area (TPSA) is 40.5 Å². The van der Waals surface area contributed by atoms with Gasteiger partial charge in [-0.25, -0.2) is 0 Å². The zero-order valence-electron chi connectivity index (χ0n) is 11.1. The Hall–Kier alpha value is -1.97. The van der Waals surface area contributed by atoms with Crippen LogP contribution in [0.15, 0.2) is 47.3 Å². The Balaban J connectivity index is 2.29. The van der Waals surface area contributed by atoms with Crippen LogP contribution in [0.3, 0.4) is 0 Å². The molecule has 0 amide bonds. The molecule has 3 aromatic rings. The Kier molecular flexibility index (Phi) is 3.38. The summed E-state index contributed by atoms with van der Waals surface area (Å²) in [6, 6.07) is 13.2. The molecule has 5 heteroatoms. The van der Waals surface area contributed by atoms with Crippen molar-refractivity contribution in [3.05, 3.63) is 52.8 Å². The maximum atomic E-state index is 12.5. The first-order valence-corrected chi connectivity index (χ1v) is 7.70. The minimum atomic E-state index is -0.0761. The predicted octanol–water partition coefficient (Wildman–Crippen LogP) is 2.06. The van der Waals surface area contributed by atoms with Crippen molar-refractivity contribution in [3.8, 4) is 17.2 Å². The van der Waals surface area contributed by atoms with Crippen LogP contribution < -0.4 is 15.0 Å². The monoisotopic (exact) mass is 335 g/mol. The van der Waals surface area contributed by atoms with Crippen LogP contribution in [-0.2, 0) is 0 Å². The molecule has 0 spiro atoms. The summed E-state index contributed by atoms with van der Waals surface area (Å²) in [5.41, 5.74) is 0.778. The molecule has 0 aliphatic rings. The SMILES string of the molecule is COc1ccc(OC)c(-n2[se]c3ccccc3c2=O)c1. The van der Waals surface area contributed by atoms with E-state index in [9.17, 15) is 4.79 Å². The van der Waals surface area contributed by atoms with Gasteiger partial charge in [-0.05, 0) is 0 Å². The van der Waals surface area contributed by atoms with Gasteiger partial charge in [-0.2, -0.15) is 0 Å². The number of fused-ring (bicyclic) bond motifs is 1. The summed E-state index contributed by atoms with van der Waals surface area (Å²) in [7, 11) is 3.21. The second-order valence-corrected chi connectivity index (χ2v) is 6.30. The van der Waals surface area contributed by atoms with Crippen molar-refractivity contribution in [2.75, 3.05) is 14.2 Å². The first kappa shape index (κ1) is 13.0.